The molecule has 1 fully saturated rings. The van der Waals surface area contributed by atoms with Crippen molar-refractivity contribution in [3.8, 4) is 11.3 Å². The van der Waals surface area contributed by atoms with Crippen LogP contribution in [0.4, 0.5) is 11.8 Å². The molecule has 9 heteroatoms. The minimum Gasteiger partial charge on any atom is -0.378 e. The summed E-state index contributed by atoms with van der Waals surface area (Å²) >= 11 is 0. The first-order chi connectivity index (χ1) is 15.1. The van der Waals surface area contributed by atoms with Crippen molar-refractivity contribution in [2.75, 3.05) is 36.5 Å². The number of aromatic nitrogens is 6. The normalized spacial score (nSPS) is 14.4. The molecule has 0 saturated carbocycles. The summed E-state index contributed by atoms with van der Waals surface area (Å²) in [6, 6.07) is 10.2. The molecule has 4 aromatic rings. The number of rotatable bonds is 5. The van der Waals surface area contributed by atoms with Crippen LogP contribution in [0.1, 0.15) is 11.5 Å². The second kappa shape index (κ2) is 7.99. The maximum absolute atomic E-state index is 5.52. The molecule has 0 bridgehead atoms. The van der Waals surface area contributed by atoms with E-state index >= 15 is 0 Å². The fourth-order valence-corrected chi connectivity index (χ4v) is 3.98. The van der Waals surface area contributed by atoms with E-state index in [1.807, 2.05) is 54.7 Å². The highest BCUT2D eigenvalue weighted by Crippen LogP contribution is 2.28. The van der Waals surface area contributed by atoms with E-state index in [2.05, 4.69) is 27.4 Å². The Morgan fingerprint density at radius 2 is 1.81 bits per heavy atom. The van der Waals surface area contributed by atoms with E-state index in [4.69, 9.17) is 19.7 Å². The second-order valence-corrected chi connectivity index (χ2v) is 7.75. The molecule has 5 rings (SSSR count). The van der Waals surface area contributed by atoms with E-state index < -0.39 is 0 Å². The summed E-state index contributed by atoms with van der Waals surface area (Å²) < 4.78 is 9.37. The number of imidazole rings is 1. The summed E-state index contributed by atoms with van der Waals surface area (Å²) in [6.45, 7) is 5.53. The molecule has 3 aromatic heterocycles. The third-order valence-electron chi connectivity index (χ3n) is 5.60. The average Bonchev–Trinajstić information content (AvgIpc) is 3.32. The van der Waals surface area contributed by atoms with Crippen molar-refractivity contribution in [2.45, 2.75) is 13.5 Å². The lowest BCUT2D eigenvalue weighted by Gasteiger charge is -2.28. The Morgan fingerprint density at radius 1 is 1.03 bits per heavy atom. The highest BCUT2D eigenvalue weighted by molar-refractivity contribution is 5.91. The minimum absolute atomic E-state index is 0.522. The Bertz CT molecular complexity index is 1210. The quantitative estimate of drug-likeness (QED) is 0.533. The summed E-state index contributed by atoms with van der Waals surface area (Å²) in [7, 11) is 3.92. The molecule has 0 spiro atoms. The van der Waals surface area contributed by atoms with Crippen LogP contribution in [0.15, 0.2) is 36.5 Å². The highest BCUT2D eigenvalue weighted by atomic mass is 16.5. The molecule has 0 amide bonds. The van der Waals surface area contributed by atoms with E-state index in [9.17, 15) is 0 Å². The Labute approximate surface area is 180 Å². The molecule has 0 unspecified atom stereocenters. The smallest absolute Gasteiger partial charge is 0.227 e. The van der Waals surface area contributed by atoms with Crippen molar-refractivity contribution in [3.63, 3.8) is 0 Å². The van der Waals surface area contributed by atoms with Gasteiger partial charge in [0, 0.05) is 38.9 Å². The van der Waals surface area contributed by atoms with Crippen LogP contribution in [-0.2, 0) is 25.4 Å². The summed E-state index contributed by atoms with van der Waals surface area (Å²) in [6.07, 6.45) is 2.04. The predicted octanol–water partition coefficient (Wildman–Crippen LogP) is 2.52. The van der Waals surface area contributed by atoms with Crippen LogP contribution >= 0.6 is 0 Å². The van der Waals surface area contributed by atoms with Crippen molar-refractivity contribution < 1.29 is 4.74 Å². The van der Waals surface area contributed by atoms with Crippen LogP contribution in [-0.4, -0.2) is 55.6 Å². The summed E-state index contributed by atoms with van der Waals surface area (Å²) in [5.74, 6) is 2.39. The fourth-order valence-electron chi connectivity index (χ4n) is 3.98. The molecular weight excluding hydrogens is 392 g/mol. The monoisotopic (exact) mass is 418 g/mol. The van der Waals surface area contributed by atoms with Crippen LogP contribution in [0, 0.1) is 6.92 Å². The first kappa shape index (κ1) is 19.5. The molecule has 160 valence electrons. The molecule has 1 saturated heterocycles. The summed E-state index contributed by atoms with van der Waals surface area (Å²) in [4.78, 5) is 16.7. The summed E-state index contributed by atoms with van der Waals surface area (Å²) in [5, 5.41) is 8.94. The number of aryl methyl sites for hydroxylation is 3. The van der Waals surface area contributed by atoms with Crippen molar-refractivity contribution >= 4 is 22.8 Å². The fraction of sp³-hybridized carbons (Fsp3) is 0.364. The van der Waals surface area contributed by atoms with Gasteiger partial charge < -0.3 is 19.5 Å². The molecule has 4 heterocycles. The minimum atomic E-state index is 0.522. The Morgan fingerprint density at radius 3 is 2.58 bits per heavy atom. The van der Waals surface area contributed by atoms with Crippen molar-refractivity contribution in [1.29, 1.82) is 0 Å². The number of hydrogen-bond donors (Lipinski definition) is 1. The molecule has 1 N–H and O–H groups in total. The van der Waals surface area contributed by atoms with Gasteiger partial charge in [-0.2, -0.15) is 15.1 Å². The van der Waals surface area contributed by atoms with Gasteiger partial charge in [-0.3, -0.25) is 0 Å². The first-order valence-corrected chi connectivity index (χ1v) is 10.5. The molecule has 1 aliphatic rings. The number of ether oxygens (including phenoxy) is 1. The van der Waals surface area contributed by atoms with Gasteiger partial charge in [0.05, 0.1) is 36.5 Å². The maximum atomic E-state index is 5.52. The third-order valence-corrected chi connectivity index (χ3v) is 5.60. The van der Waals surface area contributed by atoms with Crippen LogP contribution < -0.4 is 10.2 Å². The molecule has 1 aromatic carbocycles. The van der Waals surface area contributed by atoms with Crippen molar-refractivity contribution in [2.24, 2.45) is 14.1 Å². The molecule has 0 aliphatic carbocycles. The number of nitrogens with one attached hydrogen (secondary N) is 1. The van der Waals surface area contributed by atoms with Gasteiger partial charge in [0.25, 0.3) is 0 Å². The van der Waals surface area contributed by atoms with Crippen molar-refractivity contribution in [1.82, 2.24) is 29.3 Å². The number of benzene rings is 1. The van der Waals surface area contributed by atoms with Crippen LogP contribution in [0.3, 0.4) is 0 Å². The van der Waals surface area contributed by atoms with E-state index in [1.165, 1.54) is 0 Å². The van der Waals surface area contributed by atoms with Crippen LogP contribution in [0.25, 0.3) is 22.3 Å². The van der Waals surface area contributed by atoms with Crippen LogP contribution in [0.5, 0.6) is 0 Å². The summed E-state index contributed by atoms with van der Waals surface area (Å²) in [5.41, 5.74) is 3.80. The van der Waals surface area contributed by atoms with Gasteiger partial charge in [-0.15, -0.1) is 0 Å². The molecule has 1 aliphatic heterocycles. The lowest BCUT2D eigenvalue weighted by Crippen LogP contribution is -2.37. The van der Waals surface area contributed by atoms with Crippen molar-refractivity contribution in [3.05, 3.63) is 48.0 Å². The zero-order valence-electron chi connectivity index (χ0n) is 18.0. The molecule has 0 radical (unpaired) electrons. The van der Waals surface area contributed by atoms with Gasteiger partial charge in [0.15, 0.2) is 5.65 Å². The van der Waals surface area contributed by atoms with Gasteiger partial charge >= 0.3 is 0 Å². The second-order valence-electron chi connectivity index (χ2n) is 7.75. The Balaban J connectivity index is 1.45. The largest absolute Gasteiger partial charge is 0.378 e. The van der Waals surface area contributed by atoms with E-state index in [1.54, 1.807) is 0 Å². The third kappa shape index (κ3) is 3.72. The maximum Gasteiger partial charge on any atom is 0.227 e. The van der Waals surface area contributed by atoms with Gasteiger partial charge in [-0.25, -0.2) is 9.67 Å². The molecule has 0 atom stereocenters. The van der Waals surface area contributed by atoms with E-state index in [0.717, 1.165) is 52.7 Å². The number of anilines is 2. The lowest BCUT2D eigenvalue weighted by atomic mass is 10.2. The number of hydrogen-bond acceptors (Lipinski definition) is 7. The van der Waals surface area contributed by atoms with Gasteiger partial charge in [0.1, 0.15) is 11.6 Å². The van der Waals surface area contributed by atoms with E-state index in [0.29, 0.717) is 25.7 Å². The van der Waals surface area contributed by atoms with Crippen LogP contribution in [0.2, 0.25) is 0 Å². The highest BCUT2D eigenvalue weighted by Gasteiger charge is 2.21. The SMILES string of the molecule is Cc1nn(C)c2nc(NCc3nc(-c4ccccc4)cn3C)nc(N3CCOCC3)c12. The zero-order valence-corrected chi connectivity index (χ0v) is 18.0. The Kier molecular flexibility index (Phi) is 5.03. The van der Waals surface area contributed by atoms with Gasteiger partial charge in [-0.1, -0.05) is 30.3 Å². The average molecular weight is 419 g/mol. The van der Waals surface area contributed by atoms with Gasteiger partial charge in [-0.05, 0) is 6.92 Å². The number of morpholine rings is 1. The zero-order chi connectivity index (χ0) is 21.4. The topological polar surface area (TPSA) is 85.9 Å². The lowest BCUT2D eigenvalue weighted by molar-refractivity contribution is 0.122. The Hall–Kier alpha value is -3.46. The predicted molar refractivity (Wildman–Crippen MR) is 120 cm³/mol. The molecule has 31 heavy (non-hydrogen) atoms. The van der Waals surface area contributed by atoms with E-state index in [-0.39, 0.29) is 0 Å². The standard InChI is InChI=1S/C22H26N8O/c1-15-19-20(29(3)27-15)25-22(26-21(19)30-9-11-31-12-10-30)23-13-18-24-17(14-28(18)2)16-7-5-4-6-8-16/h4-8,14H,9-13H2,1-3H3,(H,23,25,26). The molecular formula is C22H26N8O. The number of fused-ring (bicyclic) bond motifs is 1. The number of nitrogens with zero attached hydrogens (tertiary/aromatic N) is 7. The van der Waals surface area contributed by atoms with Gasteiger partial charge in [0.2, 0.25) is 5.95 Å². The molecule has 9 nitrogen and oxygen atoms in total. The first-order valence-electron chi connectivity index (χ1n) is 10.5.